The van der Waals surface area contributed by atoms with Crippen LogP contribution in [0.3, 0.4) is 0 Å². The molecule has 1 saturated heterocycles. The number of rotatable bonds is 4. The fourth-order valence-corrected chi connectivity index (χ4v) is 2.61. The van der Waals surface area contributed by atoms with E-state index in [4.69, 9.17) is 9.47 Å². The predicted molar refractivity (Wildman–Crippen MR) is 75.0 cm³/mol. The van der Waals surface area contributed by atoms with E-state index in [-0.39, 0.29) is 17.9 Å². The normalized spacial score (nSPS) is 20.8. The smallest absolute Gasteiger partial charge is 0.225 e. The summed E-state index contributed by atoms with van der Waals surface area (Å²) in [5, 5.41) is 6.06. The van der Waals surface area contributed by atoms with E-state index in [9.17, 15) is 4.79 Å². The van der Waals surface area contributed by atoms with Crippen LogP contribution in [0.25, 0.3) is 0 Å². The molecule has 0 saturated carbocycles. The van der Waals surface area contributed by atoms with Crippen LogP contribution in [0, 0.1) is 5.92 Å². The zero-order chi connectivity index (χ0) is 14.1. The van der Waals surface area contributed by atoms with Crippen molar-refractivity contribution in [2.75, 3.05) is 20.2 Å². The van der Waals surface area contributed by atoms with Gasteiger partial charge in [0, 0.05) is 37.2 Å². The van der Waals surface area contributed by atoms with Crippen molar-refractivity contribution in [3.8, 4) is 11.5 Å². The van der Waals surface area contributed by atoms with Crippen LogP contribution in [0.4, 0.5) is 0 Å². The third-order valence-corrected chi connectivity index (χ3v) is 3.90. The van der Waals surface area contributed by atoms with Crippen molar-refractivity contribution in [2.24, 2.45) is 5.92 Å². The van der Waals surface area contributed by atoms with Crippen LogP contribution in [-0.4, -0.2) is 32.2 Å². The third-order valence-electron chi connectivity index (χ3n) is 3.90. The van der Waals surface area contributed by atoms with Crippen LogP contribution in [-0.2, 0) is 17.8 Å². The van der Waals surface area contributed by atoms with Crippen molar-refractivity contribution in [2.45, 2.75) is 26.0 Å². The minimum absolute atomic E-state index is 0.0978. The summed E-state index contributed by atoms with van der Waals surface area (Å²) >= 11 is 0. The Morgan fingerprint density at radius 1 is 1.50 bits per heavy atom. The van der Waals surface area contributed by atoms with Gasteiger partial charge in [-0.05, 0) is 19.1 Å². The van der Waals surface area contributed by atoms with Crippen molar-refractivity contribution >= 4 is 5.91 Å². The summed E-state index contributed by atoms with van der Waals surface area (Å²) in [5.41, 5.74) is 2.13. The van der Waals surface area contributed by atoms with Crippen molar-refractivity contribution in [3.63, 3.8) is 0 Å². The first-order valence-electron chi connectivity index (χ1n) is 7.02. The summed E-state index contributed by atoms with van der Waals surface area (Å²) in [4.78, 5) is 11.9. The Kier molecular flexibility index (Phi) is 3.53. The Balaban J connectivity index is 1.72. The van der Waals surface area contributed by atoms with E-state index in [0.29, 0.717) is 6.54 Å². The highest BCUT2D eigenvalue weighted by molar-refractivity contribution is 5.80. The molecule has 0 radical (unpaired) electrons. The molecule has 1 aromatic carbocycles. The largest absolute Gasteiger partial charge is 0.496 e. The van der Waals surface area contributed by atoms with Gasteiger partial charge in [-0.1, -0.05) is 0 Å². The fraction of sp³-hybridized carbons (Fsp3) is 0.533. The van der Waals surface area contributed by atoms with Crippen LogP contribution < -0.4 is 20.1 Å². The third kappa shape index (κ3) is 2.45. The lowest BCUT2D eigenvalue weighted by Gasteiger charge is -2.26. The Bertz CT molecular complexity index is 526. The van der Waals surface area contributed by atoms with Crippen molar-refractivity contribution in [1.82, 2.24) is 10.6 Å². The average molecular weight is 276 g/mol. The first kappa shape index (κ1) is 13.2. The summed E-state index contributed by atoms with van der Waals surface area (Å²) in [6.45, 7) is 4.07. The molecule has 3 rings (SSSR count). The van der Waals surface area contributed by atoms with E-state index >= 15 is 0 Å². The van der Waals surface area contributed by atoms with E-state index in [0.717, 1.165) is 36.6 Å². The van der Waals surface area contributed by atoms with Gasteiger partial charge in [0.1, 0.15) is 17.6 Å². The fourth-order valence-electron chi connectivity index (χ4n) is 2.61. The summed E-state index contributed by atoms with van der Waals surface area (Å²) in [6, 6.07) is 4.00. The first-order chi connectivity index (χ1) is 9.67. The second-order valence-electron chi connectivity index (χ2n) is 5.48. The molecular formula is C15H20N2O3. The van der Waals surface area contributed by atoms with Gasteiger partial charge in [-0.2, -0.15) is 0 Å². The molecule has 2 heterocycles. The molecule has 108 valence electrons. The number of fused-ring (bicyclic) bond motifs is 1. The highest BCUT2D eigenvalue weighted by atomic mass is 16.5. The van der Waals surface area contributed by atoms with E-state index in [2.05, 4.69) is 17.6 Å². The Hall–Kier alpha value is -1.75. The van der Waals surface area contributed by atoms with E-state index in [1.807, 2.05) is 12.1 Å². The zero-order valence-corrected chi connectivity index (χ0v) is 11.9. The quantitative estimate of drug-likeness (QED) is 0.856. The lowest BCUT2D eigenvalue weighted by molar-refractivity contribution is -0.126. The molecule has 5 nitrogen and oxygen atoms in total. The Morgan fingerprint density at radius 3 is 2.95 bits per heavy atom. The van der Waals surface area contributed by atoms with E-state index < -0.39 is 0 Å². The van der Waals surface area contributed by atoms with Crippen LogP contribution in [0.2, 0.25) is 0 Å². The highest BCUT2D eigenvalue weighted by Gasteiger charge is 2.25. The maximum absolute atomic E-state index is 11.9. The number of benzene rings is 1. The molecule has 0 aromatic heterocycles. The topological polar surface area (TPSA) is 59.6 Å². The number of carbonyl (C=O) groups excluding carboxylic acids is 1. The van der Waals surface area contributed by atoms with Gasteiger partial charge in [-0.15, -0.1) is 0 Å². The summed E-state index contributed by atoms with van der Waals surface area (Å²) in [7, 11) is 1.65. The second-order valence-corrected chi connectivity index (χ2v) is 5.48. The molecule has 0 spiro atoms. The maximum atomic E-state index is 11.9. The molecule has 1 amide bonds. The molecule has 1 fully saturated rings. The van der Waals surface area contributed by atoms with E-state index in [1.54, 1.807) is 7.11 Å². The Labute approximate surface area is 118 Å². The highest BCUT2D eigenvalue weighted by Crippen LogP contribution is 2.34. The van der Waals surface area contributed by atoms with Crippen LogP contribution in [0.1, 0.15) is 18.1 Å². The van der Waals surface area contributed by atoms with Crippen LogP contribution in [0.15, 0.2) is 12.1 Å². The molecular weight excluding hydrogens is 256 g/mol. The van der Waals surface area contributed by atoms with Gasteiger partial charge in [0.05, 0.1) is 13.0 Å². The van der Waals surface area contributed by atoms with Crippen molar-refractivity contribution in [3.05, 3.63) is 23.3 Å². The van der Waals surface area contributed by atoms with Gasteiger partial charge in [-0.25, -0.2) is 0 Å². The lowest BCUT2D eigenvalue weighted by Crippen LogP contribution is -2.50. The molecule has 1 atom stereocenters. The number of carbonyl (C=O) groups is 1. The second kappa shape index (κ2) is 5.32. The van der Waals surface area contributed by atoms with E-state index in [1.165, 1.54) is 5.56 Å². The van der Waals surface area contributed by atoms with Gasteiger partial charge < -0.3 is 20.1 Å². The SMILES string of the molecule is COc1cc2c(cc1CNC(=O)C1CNC1)OC(C)C2. The molecule has 5 heteroatoms. The lowest BCUT2D eigenvalue weighted by atomic mass is 10.0. The zero-order valence-electron chi connectivity index (χ0n) is 11.9. The van der Waals surface area contributed by atoms with Gasteiger partial charge >= 0.3 is 0 Å². The average Bonchev–Trinajstić information content (AvgIpc) is 2.72. The molecule has 20 heavy (non-hydrogen) atoms. The van der Waals surface area contributed by atoms with Crippen molar-refractivity contribution < 1.29 is 14.3 Å². The molecule has 2 aliphatic rings. The summed E-state index contributed by atoms with van der Waals surface area (Å²) in [5.74, 6) is 1.92. The molecule has 2 N–H and O–H groups in total. The number of ether oxygens (including phenoxy) is 2. The number of hydrogen-bond donors (Lipinski definition) is 2. The molecule has 2 aliphatic heterocycles. The molecule has 0 aliphatic carbocycles. The van der Waals surface area contributed by atoms with Gasteiger partial charge in [-0.3, -0.25) is 4.79 Å². The van der Waals surface area contributed by atoms with Crippen molar-refractivity contribution in [1.29, 1.82) is 0 Å². The van der Waals surface area contributed by atoms with Crippen LogP contribution >= 0.6 is 0 Å². The molecule has 1 aromatic rings. The number of hydrogen-bond acceptors (Lipinski definition) is 4. The van der Waals surface area contributed by atoms with Gasteiger partial charge in [0.15, 0.2) is 0 Å². The minimum atomic E-state index is 0.0978. The summed E-state index contributed by atoms with van der Waals surface area (Å²) < 4.78 is 11.2. The maximum Gasteiger partial charge on any atom is 0.225 e. The van der Waals surface area contributed by atoms with Gasteiger partial charge in [0.25, 0.3) is 0 Å². The number of nitrogens with one attached hydrogen (secondary N) is 2. The number of methoxy groups -OCH3 is 1. The minimum Gasteiger partial charge on any atom is -0.496 e. The first-order valence-corrected chi connectivity index (χ1v) is 7.02. The number of amides is 1. The Morgan fingerprint density at radius 2 is 2.30 bits per heavy atom. The van der Waals surface area contributed by atoms with Gasteiger partial charge in [0.2, 0.25) is 5.91 Å². The summed E-state index contributed by atoms with van der Waals surface area (Å²) in [6.07, 6.45) is 1.12. The standard InChI is InChI=1S/C15H20N2O3/c1-9-3-10-4-13(19-2)11(5-14(10)20-9)8-17-15(18)12-6-16-7-12/h4-5,9,12,16H,3,6-8H2,1-2H3,(H,17,18). The van der Waals surface area contributed by atoms with Crippen LogP contribution in [0.5, 0.6) is 11.5 Å². The monoisotopic (exact) mass is 276 g/mol. The predicted octanol–water partition coefficient (Wildman–Crippen LogP) is 0.854. The molecule has 0 bridgehead atoms. The molecule has 1 unspecified atom stereocenters.